The summed E-state index contributed by atoms with van der Waals surface area (Å²) >= 11 is 0. The Balaban J connectivity index is 1.84. The number of hydrogen-bond donors (Lipinski definition) is 0. The third-order valence-electron chi connectivity index (χ3n) is 4.18. The summed E-state index contributed by atoms with van der Waals surface area (Å²) in [5.74, 6) is 0.407. The lowest BCUT2D eigenvalue weighted by Crippen LogP contribution is -2.35. The van der Waals surface area contributed by atoms with Crippen LogP contribution in [0.2, 0.25) is 0 Å². The van der Waals surface area contributed by atoms with E-state index in [1.807, 2.05) is 17.9 Å². The van der Waals surface area contributed by atoms with E-state index >= 15 is 0 Å². The third-order valence-corrected chi connectivity index (χ3v) is 4.18. The molecule has 1 aromatic heterocycles. The minimum atomic E-state index is 0.407. The van der Waals surface area contributed by atoms with Crippen molar-refractivity contribution >= 4 is 22.5 Å². The summed E-state index contributed by atoms with van der Waals surface area (Å²) in [6.07, 6.45) is 5.22. The van der Waals surface area contributed by atoms with Gasteiger partial charge in [0.1, 0.15) is 5.78 Å². The predicted molar refractivity (Wildman–Crippen MR) is 76.4 cm³/mol. The number of aromatic nitrogens is 2. The summed E-state index contributed by atoms with van der Waals surface area (Å²) < 4.78 is 2.03. The SMILES string of the molecule is CN(c1ccc2c(c1)ncn2C)C1CCC(=O)CC1. The molecule has 0 unspecified atom stereocenters. The van der Waals surface area contributed by atoms with E-state index in [0.29, 0.717) is 11.8 Å². The molecule has 1 heterocycles. The van der Waals surface area contributed by atoms with Crippen LogP contribution in [-0.4, -0.2) is 28.4 Å². The van der Waals surface area contributed by atoms with Crippen molar-refractivity contribution in [1.29, 1.82) is 0 Å². The molecule has 4 heteroatoms. The smallest absolute Gasteiger partial charge is 0.133 e. The van der Waals surface area contributed by atoms with E-state index in [1.54, 1.807) is 0 Å². The molecule has 1 fully saturated rings. The number of fused-ring (bicyclic) bond motifs is 1. The Morgan fingerprint density at radius 2 is 2.05 bits per heavy atom. The van der Waals surface area contributed by atoms with Crippen LogP contribution in [0.4, 0.5) is 5.69 Å². The first-order valence-corrected chi connectivity index (χ1v) is 6.81. The molecule has 2 aromatic rings. The molecule has 0 aliphatic heterocycles. The predicted octanol–water partition coefficient (Wildman–Crippen LogP) is 2.52. The van der Waals surface area contributed by atoms with Gasteiger partial charge in [-0.25, -0.2) is 4.98 Å². The Kier molecular flexibility index (Phi) is 3.01. The van der Waals surface area contributed by atoms with Gasteiger partial charge in [-0.3, -0.25) is 4.79 Å². The van der Waals surface area contributed by atoms with Gasteiger partial charge in [-0.2, -0.15) is 0 Å². The van der Waals surface area contributed by atoms with E-state index in [9.17, 15) is 4.79 Å². The number of carbonyl (C=O) groups is 1. The Morgan fingerprint density at radius 3 is 2.79 bits per heavy atom. The average Bonchev–Trinajstić information content (AvgIpc) is 2.80. The fraction of sp³-hybridized carbons (Fsp3) is 0.467. The zero-order valence-corrected chi connectivity index (χ0v) is 11.5. The van der Waals surface area contributed by atoms with Crippen molar-refractivity contribution in [3.05, 3.63) is 24.5 Å². The van der Waals surface area contributed by atoms with E-state index in [4.69, 9.17) is 0 Å². The molecule has 19 heavy (non-hydrogen) atoms. The average molecular weight is 257 g/mol. The summed E-state index contributed by atoms with van der Waals surface area (Å²) in [5, 5.41) is 0. The molecular formula is C15H19N3O. The molecule has 100 valence electrons. The molecule has 1 aliphatic rings. The van der Waals surface area contributed by atoms with Crippen molar-refractivity contribution in [3.63, 3.8) is 0 Å². The molecule has 3 rings (SSSR count). The van der Waals surface area contributed by atoms with Crippen LogP contribution in [0.5, 0.6) is 0 Å². The number of aryl methyl sites for hydroxylation is 1. The van der Waals surface area contributed by atoms with Crippen molar-refractivity contribution in [1.82, 2.24) is 9.55 Å². The molecule has 1 aliphatic carbocycles. The Morgan fingerprint density at radius 1 is 1.32 bits per heavy atom. The second-order valence-corrected chi connectivity index (χ2v) is 5.41. The number of benzene rings is 1. The standard InChI is InChI=1S/C15H19N3O/c1-17-10-16-14-9-12(5-8-15(14)17)18(2)11-3-6-13(19)7-4-11/h5,8-11H,3-4,6-7H2,1-2H3. The normalized spacial score (nSPS) is 17.1. The highest BCUT2D eigenvalue weighted by atomic mass is 16.1. The monoisotopic (exact) mass is 257 g/mol. The van der Waals surface area contributed by atoms with Crippen LogP contribution < -0.4 is 4.90 Å². The maximum absolute atomic E-state index is 11.3. The lowest BCUT2D eigenvalue weighted by Gasteiger charge is -2.32. The second-order valence-electron chi connectivity index (χ2n) is 5.41. The third kappa shape index (κ3) is 2.23. The highest BCUT2D eigenvalue weighted by Crippen LogP contribution is 2.26. The lowest BCUT2D eigenvalue weighted by atomic mass is 9.93. The summed E-state index contributed by atoms with van der Waals surface area (Å²) in [5.41, 5.74) is 3.36. The van der Waals surface area contributed by atoms with Gasteiger partial charge in [0.2, 0.25) is 0 Å². The first kappa shape index (κ1) is 12.2. The quantitative estimate of drug-likeness (QED) is 0.829. The molecule has 0 N–H and O–H groups in total. The van der Waals surface area contributed by atoms with Gasteiger partial charge in [-0.1, -0.05) is 0 Å². The molecule has 4 nitrogen and oxygen atoms in total. The van der Waals surface area contributed by atoms with Crippen molar-refractivity contribution in [2.45, 2.75) is 31.7 Å². The Hall–Kier alpha value is -1.84. The lowest BCUT2D eigenvalue weighted by molar-refractivity contribution is -0.120. The van der Waals surface area contributed by atoms with Crippen LogP contribution in [0.15, 0.2) is 24.5 Å². The molecular weight excluding hydrogens is 238 g/mol. The first-order chi connectivity index (χ1) is 9.15. The number of rotatable bonds is 2. The summed E-state index contributed by atoms with van der Waals surface area (Å²) in [7, 11) is 4.12. The summed E-state index contributed by atoms with van der Waals surface area (Å²) in [4.78, 5) is 18.0. The molecule has 0 amide bonds. The molecule has 1 aromatic carbocycles. The zero-order chi connectivity index (χ0) is 13.4. The maximum Gasteiger partial charge on any atom is 0.133 e. The van der Waals surface area contributed by atoms with Gasteiger partial charge in [-0.15, -0.1) is 0 Å². The Bertz CT molecular complexity index is 607. The van der Waals surface area contributed by atoms with E-state index in [-0.39, 0.29) is 0 Å². The van der Waals surface area contributed by atoms with Crippen molar-refractivity contribution in [2.24, 2.45) is 7.05 Å². The van der Waals surface area contributed by atoms with Crippen LogP contribution in [0.1, 0.15) is 25.7 Å². The molecule has 0 spiro atoms. The van der Waals surface area contributed by atoms with Crippen molar-refractivity contribution in [3.8, 4) is 0 Å². The molecule has 1 saturated carbocycles. The number of imidazole rings is 1. The van der Waals surface area contributed by atoms with Crippen LogP contribution in [-0.2, 0) is 11.8 Å². The zero-order valence-electron chi connectivity index (χ0n) is 11.5. The van der Waals surface area contributed by atoms with Gasteiger partial charge < -0.3 is 9.47 Å². The number of Topliss-reactive ketones (excluding diaryl/α,β-unsaturated/α-hetero) is 1. The molecule has 0 saturated heterocycles. The molecule has 0 atom stereocenters. The first-order valence-electron chi connectivity index (χ1n) is 6.81. The van der Waals surface area contributed by atoms with Gasteiger partial charge in [-0.05, 0) is 31.0 Å². The van der Waals surface area contributed by atoms with Crippen LogP contribution in [0.25, 0.3) is 11.0 Å². The highest BCUT2D eigenvalue weighted by molar-refractivity contribution is 5.81. The van der Waals surface area contributed by atoms with Crippen LogP contribution in [0.3, 0.4) is 0 Å². The summed E-state index contributed by atoms with van der Waals surface area (Å²) in [6, 6.07) is 6.85. The van der Waals surface area contributed by atoms with E-state index in [0.717, 1.165) is 36.7 Å². The minimum absolute atomic E-state index is 0.407. The van der Waals surface area contributed by atoms with Crippen LogP contribution in [0, 0.1) is 0 Å². The number of anilines is 1. The fourth-order valence-electron chi connectivity index (χ4n) is 2.87. The molecule has 0 radical (unpaired) electrons. The topological polar surface area (TPSA) is 38.1 Å². The van der Waals surface area contributed by atoms with Gasteiger partial charge in [0.05, 0.1) is 17.4 Å². The van der Waals surface area contributed by atoms with Gasteiger partial charge >= 0.3 is 0 Å². The minimum Gasteiger partial charge on any atom is -0.372 e. The molecule has 0 bridgehead atoms. The van der Waals surface area contributed by atoms with E-state index < -0.39 is 0 Å². The van der Waals surface area contributed by atoms with Gasteiger partial charge in [0, 0.05) is 38.7 Å². The van der Waals surface area contributed by atoms with Gasteiger partial charge in [0.25, 0.3) is 0 Å². The number of ketones is 1. The van der Waals surface area contributed by atoms with E-state index in [1.165, 1.54) is 5.69 Å². The number of nitrogens with zero attached hydrogens (tertiary/aromatic N) is 3. The second kappa shape index (κ2) is 4.68. The Labute approximate surface area is 113 Å². The number of carbonyl (C=O) groups excluding carboxylic acids is 1. The highest BCUT2D eigenvalue weighted by Gasteiger charge is 2.22. The largest absolute Gasteiger partial charge is 0.372 e. The summed E-state index contributed by atoms with van der Waals surface area (Å²) in [6.45, 7) is 0. The van der Waals surface area contributed by atoms with Crippen molar-refractivity contribution < 1.29 is 4.79 Å². The fourth-order valence-corrected chi connectivity index (χ4v) is 2.87. The van der Waals surface area contributed by atoms with E-state index in [2.05, 4.69) is 35.1 Å². The van der Waals surface area contributed by atoms with Crippen molar-refractivity contribution in [2.75, 3.05) is 11.9 Å². The maximum atomic E-state index is 11.3. The number of hydrogen-bond acceptors (Lipinski definition) is 3. The van der Waals surface area contributed by atoms with Crippen LogP contribution >= 0.6 is 0 Å². The van der Waals surface area contributed by atoms with Gasteiger partial charge in [0.15, 0.2) is 0 Å².